The first-order chi connectivity index (χ1) is 15.5. The lowest BCUT2D eigenvalue weighted by molar-refractivity contribution is -0.441. The van der Waals surface area contributed by atoms with Crippen LogP contribution in [-0.2, 0) is 16.0 Å². The van der Waals surface area contributed by atoms with Gasteiger partial charge in [0, 0.05) is 0 Å². The van der Waals surface area contributed by atoms with E-state index in [0.717, 1.165) is 6.92 Å². The molecular weight excluding hydrogens is 523 g/mol. The molecule has 35 heavy (non-hydrogen) atoms. The van der Waals surface area contributed by atoms with E-state index in [1.807, 2.05) is 0 Å². The molecule has 1 rings (SSSR count). The third-order valence-corrected chi connectivity index (χ3v) is 4.84. The minimum absolute atomic E-state index is 0.187. The third kappa shape index (κ3) is 5.45. The zero-order chi connectivity index (χ0) is 27.7. The standard InChI is InChI=1S/C19H17F13O3/c1-2-35-12(33)13(34,9-8-11-6-4-3-5-7-11)10-14(20,21)15(22,23)16(24,25)17(26,27)18(28,29)19(30,31)32/h3-7,34H,2,8-10H2,1H3. The summed E-state index contributed by atoms with van der Waals surface area (Å²) < 4.78 is 177. The number of carbonyl (C=O) groups is 1. The van der Waals surface area contributed by atoms with Crippen LogP contribution in [-0.4, -0.2) is 59.1 Å². The monoisotopic (exact) mass is 540 g/mol. The van der Waals surface area contributed by atoms with Gasteiger partial charge in [0.1, 0.15) is 0 Å². The molecule has 16 heteroatoms. The van der Waals surface area contributed by atoms with Crippen LogP contribution in [0, 0.1) is 0 Å². The maximum absolute atomic E-state index is 14.3. The van der Waals surface area contributed by atoms with Gasteiger partial charge < -0.3 is 9.84 Å². The molecule has 202 valence electrons. The highest BCUT2D eigenvalue weighted by Gasteiger charge is 2.90. The second kappa shape index (κ2) is 9.65. The van der Waals surface area contributed by atoms with Crippen LogP contribution < -0.4 is 0 Å². The maximum atomic E-state index is 14.3. The van der Waals surface area contributed by atoms with Gasteiger partial charge in [-0.05, 0) is 25.3 Å². The molecule has 1 N–H and O–H groups in total. The number of hydrogen-bond acceptors (Lipinski definition) is 3. The lowest BCUT2D eigenvalue weighted by atomic mass is 9.84. The zero-order valence-electron chi connectivity index (χ0n) is 17.4. The SMILES string of the molecule is CCOC(=O)C(O)(CCc1ccccc1)CC(F)(F)C(F)(F)C(F)(F)C(F)(F)C(F)(F)C(F)(F)F. The van der Waals surface area contributed by atoms with Crippen LogP contribution in [0.5, 0.6) is 0 Å². The number of esters is 1. The Balaban J connectivity index is 3.45. The van der Waals surface area contributed by atoms with E-state index < -0.39 is 73.2 Å². The van der Waals surface area contributed by atoms with Crippen molar-refractivity contribution in [3.63, 3.8) is 0 Å². The Kier molecular flexibility index (Phi) is 8.49. The number of aryl methyl sites for hydroxylation is 1. The molecule has 0 aliphatic heterocycles. The van der Waals surface area contributed by atoms with Gasteiger partial charge in [-0.1, -0.05) is 30.3 Å². The lowest BCUT2D eigenvalue weighted by Crippen LogP contribution is -2.70. The summed E-state index contributed by atoms with van der Waals surface area (Å²) in [4.78, 5) is 12.0. The molecular formula is C19H17F13O3. The summed E-state index contributed by atoms with van der Waals surface area (Å²) in [6, 6.07) is 6.82. The van der Waals surface area contributed by atoms with Gasteiger partial charge in [0.2, 0.25) is 0 Å². The highest BCUT2D eigenvalue weighted by Crippen LogP contribution is 2.61. The van der Waals surface area contributed by atoms with Crippen LogP contribution in [0.25, 0.3) is 0 Å². The molecule has 0 saturated heterocycles. The fourth-order valence-corrected chi connectivity index (χ4v) is 2.80. The molecule has 1 aromatic rings. The summed E-state index contributed by atoms with van der Waals surface area (Å²) in [6.45, 7) is 0.386. The minimum Gasteiger partial charge on any atom is -0.464 e. The van der Waals surface area contributed by atoms with E-state index in [1.165, 1.54) is 30.3 Å². The Labute approximate surface area is 188 Å². The first-order valence-corrected chi connectivity index (χ1v) is 9.41. The normalized spacial score (nSPS) is 16.1. The Bertz CT molecular complexity index is 868. The quantitative estimate of drug-likeness (QED) is 0.275. The lowest BCUT2D eigenvalue weighted by Gasteiger charge is -2.41. The number of rotatable bonds is 11. The molecule has 0 radical (unpaired) electrons. The number of halogens is 13. The Morgan fingerprint density at radius 1 is 0.771 bits per heavy atom. The molecule has 0 aliphatic rings. The second-order valence-corrected chi connectivity index (χ2v) is 7.41. The van der Waals surface area contributed by atoms with Crippen LogP contribution in [0.3, 0.4) is 0 Å². The predicted molar refractivity (Wildman–Crippen MR) is 91.8 cm³/mol. The molecule has 0 bridgehead atoms. The summed E-state index contributed by atoms with van der Waals surface area (Å²) in [6.07, 6.45) is -12.4. The van der Waals surface area contributed by atoms with Crippen molar-refractivity contribution in [2.45, 2.75) is 67.6 Å². The summed E-state index contributed by atoms with van der Waals surface area (Å²) in [5.74, 6) is -40.3. The van der Waals surface area contributed by atoms with Crippen LogP contribution in [0.4, 0.5) is 57.1 Å². The highest BCUT2D eigenvalue weighted by molar-refractivity contribution is 5.79. The number of ether oxygens (including phenoxy) is 1. The fraction of sp³-hybridized carbons (Fsp3) is 0.632. The molecule has 1 aromatic carbocycles. The van der Waals surface area contributed by atoms with Crippen molar-refractivity contribution < 1.29 is 71.7 Å². The molecule has 0 amide bonds. The number of hydrogen-bond donors (Lipinski definition) is 1. The van der Waals surface area contributed by atoms with Gasteiger partial charge in [-0.15, -0.1) is 0 Å². The summed E-state index contributed by atoms with van der Waals surface area (Å²) >= 11 is 0. The number of aliphatic hydroxyl groups is 1. The van der Waals surface area contributed by atoms with Gasteiger partial charge in [-0.25, -0.2) is 4.79 Å². The van der Waals surface area contributed by atoms with Crippen LogP contribution >= 0.6 is 0 Å². The molecule has 1 atom stereocenters. The highest BCUT2D eigenvalue weighted by atomic mass is 19.4. The van der Waals surface area contributed by atoms with Crippen molar-refractivity contribution in [2.75, 3.05) is 6.61 Å². The second-order valence-electron chi connectivity index (χ2n) is 7.41. The fourth-order valence-electron chi connectivity index (χ4n) is 2.80. The van der Waals surface area contributed by atoms with Crippen molar-refractivity contribution >= 4 is 5.97 Å². The van der Waals surface area contributed by atoms with Gasteiger partial charge in [0.05, 0.1) is 13.0 Å². The van der Waals surface area contributed by atoms with E-state index in [1.54, 1.807) is 0 Å². The van der Waals surface area contributed by atoms with Gasteiger partial charge in [0.15, 0.2) is 5.60 Å². The van der Waals surface area contributed by atoms with E-state index in [9.17, 15) is 67.0 Å². The van der Waals surface area contributed by atoms with E-state index in [4.69, 9.17) is 0 Å². The molecule has 1 unspecified atom stereocenters. The number of benzene rings is 1. The first kappa shape index (κ1) is 30.8. The van der Waals surface area contributed by atoms with Crippen LogP contribution in [0.1, 0.15) is 25.3 Å². The van der Waals surface area contributed by atoms with Crippen molar-refractivity contribution in [2.24, 2.45) is 0 Å². The third-order valence-electron chi connectivity index (χ3n) is 4.84. The zero-order valence-corrected chi connectivity index (χ0v) is 17.4. The van der Waals surface area contributed by atoms with E-state index in [2.05, 4.69) is 4.74 Å². The molecule has 0 aromatic heterocycles. The smallest absolute Gasteiger partial charge is 0.460 e. The van der Waals surface area contributed by atoms with Crippen molar-refractivity contribution in [1.82, 2.24) is 0 Å². The topological polar surface area (TPSA) is 46.5 Å². The molecule has 0 saturated carbocycles. The van der Waals surface area contributed by atoms with Crippen LogP contribution in [0.2, 0.25) is 0 Å². The summed E-state index contributed by atoms with van der Waals surface area (Å²) in [5, 5.41) is 10.3. The molecule has 0 heterocycles. The van der Waals surface area contributed by atoms with Gasteiger partial charge in [-0.3, -0.25) is 0 Å². The largest absolute Gasteiger partial charge is 0.464 e. The molecule has 0 spiro atoms. The van der Waals surface area contributed by atoms with Gasteiger partial charge in [-0.2, -0.15) is 57.1 Å². The Morgan fingerprint density at radius 2 is 1.23 bits per heavy atom. The molecule has 0 aliphatic carbocycles. The molecule has 0 fully saturated rings. The first-order valence-electron chi connectivity index (χ1n) is 9.41. The van der Waals surface area contributed by atoms with Gasteiger partial charge >= 0.3 is 41.8 Å². The minimum atomic E-state index is -8.07. The van der Waals surface area contributed by atoms with E-state index >= 15 is 0 Å². The Morgan fingerprint density at radius 3 is 1.66 bits per heavy atom. The number of carbonyl (C=O) groups excluding carboxylic acids is 1. The van der Waals surface area contributed by atoms with Gasteiger partial charge in [0.25, 0.3) is 0 Å². The van der Waals surface area contributed by atoms with Crippen molar-refractivity contribution in [3.05, 3.63) is 35.9 Å². The average molecular weight is 540 g/mol. The summed E-state index contributed by atoms with van der Waals surface area (Å²) in [7, 11) is 0. The maximum Gasteiger partial charge on any atom is 0.460 e. The van der Waals surface area contributed by atoms with Crippen molar-refractivity contribution in [1.29, 1.82) is 0 Å². The molecule has 3 nitrogen and oxygen atoms in total. The van der Waals surface area contributed by atoms with E-state index in [0.29, 0.717) is 0 Å². The number of alkyl halides is 13. The van der Waals surface area contributed by atoms with E-state index in [-0.39, 0.29) is 5.56 Å². The Hall–Kier alpha value is -2.26. The predicted octanol–water partition coefficient (Wildman–Crippen LogP) is 6.04. The van der Waals surface area contributed by atoms with Crippen molar-refractivity contribution in [3.8, 4) is 0 Å². The summed E-state index contributed by atoms with van der Waals surface area (Å²) in [5.41, 5.74) is -3.58. The van der Waals surface area contributed by atoms with Crippen LogP contribution in [0.15, 0.2) is 30.3 Å². The average Bonchev–Trinajstić information content (AvgIpc) is 2.71.